The van der Waals surface area contributed by atoms with E-state index in [0.29, 0.717) is 6.29 Å². The number of rotatable bonds is 1. The molecule has 1 aliphatic rings. The summed E-state index contributed by atoms with van der Waals surface area (Å²) in [7, 11) is 0. The van der Waals surface area contributed by atoms with Crippen molar-refractivity contribution in [2.75, 3.05) is 0 Å². The van der Waals surface area contributed by atoms with Crippen molar-refractivity contribution < 1.29 is 9.18 Å². The molecule has 1 aliphatic carbocycles. The van der Waals surface area contributed by atoms with Crippen LogP contribution < -0.4 is 0 Å². The van der Waals surface area contributed by atoms with Gasteiger partial charge in [0, 0.05) is 5.57 Å². The van der Waals surface area contributed by atoms with Crippen LogP contribution in [0.4, 0.5) is 4.39 Å². The van der Waals surface area contributed by atoms with Gasteiger partial charge in [-0.2, -0.15) is 0 Å². The minimum atomic E-state index is -1.24. The molecule has 0 heterocycles. The zero-order chi connectivity index (χ0) is 7.40. The second kappa shape index (κ2) is 3.11. The van der Waals surface area contributed by atoms with Gasteiger partial charge in [-0.05, 0) is 6.08 Å². The minimum absolute atomic E-state index is 0.171. The van der Waals surface area contributed by atoms with E-state index >= 15 is 0 Å². The highest BCUT2D eigenvalue weighted by Crippen LogP contribution is 2.08. The van der Waals surface area contributed by atoms with Gasteiger partial charge >= 0.3 is 0 Å². The number of alkyl halides is 1. The summed E-state index contributed by atoms with van der Waals surface area (Å²) in [6.07, 6.45) is 7.00. The Morgan fingerprint density at radius 3 is 2.90 bits per heavy atom. The Labute approximate surface area is 58.5 Å². The normalized spacial score (nSPS) is 23.7. The molecule has 0 aromatic carbocycles. The monoisotopic (exact) mass is 138 g/mol. The van der Waals surface area contributed by atoms with Crippen LogP contribution in [0.1, 0.15) is 0 Å². The van der Waals surface area contributed by atoms with Gasteiger partial charge in [0.2, 0.25) is 0 Å². The minimum Gasteiger partial charge on any atom is -0.298 e. The van der Waals surface area contributed by atoms with Crippen LogP contribution in [0.2, 0.25) is 0 Å². The molecule has 1 unspecified atom stereocenters. The van der Waals surface area contributed by atoms with Gasteiger partial charge < -0.3 is 0 Å². The first-order valence-corrected chi connectivity index (χ1v) is 2.99. The molecular formula is C8H7FO. The second-order valence-electron chi connectivity index (χ2n) is 1.96. The van der Waals surface area contributed by atoms with E-state index in [1.54, 1.807) is 18.2 Å². The van der Waals surface area contributed by atoms with E-state index in [1.165, 1.54) is 12.2 Å². The molecule has 0 aliphatic heterocycles. The molecule has 52 valence electrons. The fraction of sp³-hybridized carbons (Fsp3) is 0.125. The van der Waals surface area contributed by atoms with E-state index in [-0.39, 0.29) is 5.57 Å². The first-order valence-electron chi connectivity index (χ1n) is 2.99. The summed E-state index contributed by atoms with van der Waals surface area (Å²) in [4.78, 5) is 10.1. The lowest BCUT2D eigenvalue weighted by Crippen LogP contribution is -2.00. The first kappa shape index (κ1) is 6.93. The molecule has 2 heteroatoms. The molecule has 0 N–H and O–H groups in total. The summed E-state index contributed by atoms with van der Waals surface area (Å²) >= 11 is 0. The van der Waals surface area contributed by atoms with Gasteiger partial charge in [-0.15, -0.1) is 0 Å². The highest BCUT2D eigenvalue weighted by molar-refractivity contribution is 5.76. The second-order valence-corrected chi connectivity index (χ2v) is 1.96. The smallest absolute Gasteiger partial charge is 0.149 e. The molecule has 0 radical (unpaired) electrons. The standard InChI is InChI=1S/C8H7FO/c9-8-5-3-1-2-4-7(8)6-10/h1-6,8H. The van der Waals surface area contributed by atoms with Crippen LogP contribution in [0.5, 0.6) is 0 Å². The van der Waals surface area contributed by atoms with Crippen molar-refractivity contribution in [2.24, 2.45) is 0 Å². The molecule has 0 spiro atoms. The molecule has 0 saturated carbocycles. The quantitative estimate of drug-likeness (QED) is 0.503. The molecule has 0 bridgehead atoms. The number of hydrogen-bond donors (Lipinski definition) is 0. The lowest BCUT2D eigenvalue weighted by molar-refractivity contribution is -0.105. The summed E-state index contributed by atoms with van der Waals surface area (Å²) in [5.41, 5.74) is 0.171. The Hall–Kier alpha value is -1.18. The maximum Gasteiger partial charge on any atom is 0.149 e. The molecule has 0 aromatic heterocycles. The van der Waals surface area contributed by atoms with E-state index in [4.69, 9.17) is 0 Å². The maximum atomic E-state index is 12.7. The predicted molar refractivity (Wildman–Crippen MR) is 37.3 cm³/mol. The third-order valence-electron chi connectivity index (χ3n) is 1.25. The van der Waals surface area contributed by atoms with Crippen molar-refractivity contribution in [2.45, 2.75) is 6.17 Å². The fourth-order valence-electron chi connectivity index (χ4n) is 0.700. The number of carbonyl (C=O) groups excluding carboxylic acids is 1. The number of carbonyl (C=O) groups is 1. The van der Waals surface area contributed by atoms with Gasteiger partial charge in [-0.1, -0.05) is 24.3 Å². The molecule has 0 saturated heterocycles. The van der Waals surface area contributed by atoms with Gasteiger partial charge in [0.1, 0.15) is 12.5 Å². The summed E-state index contributed by atoms with van der Waals surface area (Å²) in [5.74, 6) is 0. The Bertz CT molecular complexity index is 213. The molecule has 0 amide bonds. The molecular weight excluding hydrogens is 131 g/mol. The van der Waals surface area contributed by atoms with Crippen molar-refractivity contribution in [1.82, 2.24) is 0 Å². The van der Waals surface area contributed by atoms with Crippen molar-refractivity contribution in [1.29, 1.82) is 0 Å². The molecule has 0 aromatic rings. The average molecular weight is 138 g/mol. The van der Waals surface area contributed by atoms with Gasteiger partial charge in [-0.3, -0.25) is 4.79 Å². The van der Waals surface area contributed by atoms with Crippen LogP contribution in [0.15, 0.2) is 36.0 Å². The highest BCUT2D eigenvalue weighted by Gasteiger charge is 2.07. The number of allylic oxidation sites excluding steroid dienone is 6. The molecule has 1 nitrogen and oxygen atoms in total. The Kier molecular flexibility index (Phi) is 2.15. The molecule has 10 heavy (non-hydrogen) atoms. The summed E-state index contributed by atoms with van der Waals surface area (Å²) < 4.78 is 12.7. The van der Waals surface area contributed by atoms with Gasteiger partial charge in [-0.25, -0.2) is 4.39 Å². The summed E-state index contributed by atoms with van der Waals surface area (Å²) in [6, 6.07) is 0. The van der Waals surface area contributed by atoms with E-state index in [9.17, 15) is 9.18 Å². The van der Waals surface area contributed by atoms with Crippen LogP contribution in [0, 0.1) is 0 Å². The Morgan fingerprint density at radius 2 is 2.20 bits per heavy atom. The fourth-order valence-corrected chi connectivity index (χ4v) is 0.700. The summed E-state index contributed by atoms with van der Waals surface area (Å²) in [5, 5.41) is 0. The lowest BCUT2D eigenvalue weighted by atomic mass is 10.2. The molecule has 0 fully saturated rings. The van der Waals surface area contributed by atoms with Gasteiger partial charge in [0.25, 0.3) is 0 Å². The van der Waals surface area contributed by atoms with Crippen LogP contribution in [-0.4, -0.2) is 12.5 Å². The third-order valence-corrected chi connectivity index (χ3v) is 1.25. The highest BCUT2D eigenvalue weighted by atomic mass is 19.1. The number of aldehydes is 1. The average Bonchev–Trinajstić information content (AvgIpc) is 2.13. The first-order chi connectivity index (χ1) is 4.84. The number of halogens is 1. The lowest BCUT2D eigenvalue weighted by Gasteiger charge is -1.96. The maximum absolute atomic E-state index is 12.7. The van der Waals surface area contributed by atoms with Crippen molar-refractivity contribution in [3.8, 4) is 0 Å². The summed E-state index contributed by atoms with van der Waals surface area (Å²) in [6.45, 7) is 0. The van der Waals surface area contributed by atoms with E-state index in [2.05, 4.69) is 0 Å². The SMILES string of the molecule is O=CC1=CC=CC=CC1F. The predicted octanol–water partition coefficient (Wildman–Crippen LogP) is 1.58. The van der Waals surface area contributed by atoms with Crippen molar-refractivity contribution in [3.05, 3.63) is 36.0 Å². The molecule has 1 rings (SSSR count). The Balaban J connectivity index is 2.86. The van der Waals surface area contributed by atoms with Crippen LogP contribution in [0.3, 0.4) is 0 Å². The third kappa shape index (κ3) is 1.41. The van der Waals surface area contributed by atoms with Crippen LogP contribution in [0.25, 0.3) is 0 Å². The largest absolute Gasteiger partial charge is 0.298 e. The van der Waals surface area contributed by atoms with Crippen LogP contribution in [-0.2, 0) is 4.79 Å². The van der Waals surface area contributed by atoms with E-state index in [1.807, 2.05) is 0 Å². The van der Waals surface area contributed by atoms with E-state index in [0.717, 1.165) is 0 Å². The van der Waals surface area contributed by atoms with E-state index < -0.39 is 6.17 Å². The van der Waals surface area contributed by atoms with Gasteiger partial charge in [0.05, 0.1) is 0 Å². The van der Waals surface area contributed by atoms with Crippen molar-refractivity contribution >= 4 is 6.29 Å². The Morgan fingerprint density at radius 1 is 1.40 bits per heavy atom. The van der Waals surface area contributed by atoms with Gasteiger partial charge in [0.15, 0.2) is 0 Å². The zero-order valence-corrected chi connectivity index (χ0v) is 5.33. The molecule has 1 atom stereocenters. The number of hydrogen-bond acceptors (Lipinski definition) is 1. The van der Waals surface area contributed by atoms with Crippen molar-refractivity contribution in [3.63, 3.8) is 0 Å². The zero-order valence-electron chi connectivity index (χ0n) is 5.33. The topological polar surface area (TPSA) is 17.1 Å². The van der Waals surface area contributed by atoms with Crippen LogP contribution >= 0.6 is 0 Å².